The number of rotatable bonds is 2. The molecule has 0 unspecified atom stereocenters. The summed E-state index contributed by atoms with van der Waals surface area (Å²) in [5.74, 6) is 0.128. The topological polar surface area (TPSA) is 63.3 Å². The van der Waals surface area contributed by atoms with Crippen LogP contribution >= 0.6 is 0 Å². The van der Waals surface area contributed by atoms with Crippen LogP contribution in [-0.4, -0.2) is 16.1 Å². The van der Waals surface area contributed by atoms with Gasteiger partial charge in [-0.25, -0.2) is 9.78 Å². The minimum Gasteiger partial charge on any atom is -0.478 e. The molecule has 4 heteroatoms. The van der Waals surface area contributed by atoms with Gasteiger partial charge in [-0.2, -0.15) is 0 Å². The summed E-state index contributed by atoms with van der Waals surface area (Å²) in [7, 11) is 0. The Kier molecular flexibility index (Phi) is 1.80. The molecule has 82 valence electrons. The summed E-state index contributed by atoms with van der Waals surface area (Å²) >= 11 is 0. The number of benzene rings is 1. The van der Waals surface area contributed by atoms with Crippen LogP contribution in [0.3, 0.4) is 0 Å². The molecule has 2 aromatic rings. The quantitative estimate of drug-likeness (QED) is 0.840. The SMILES string of the molecule is Cc1nc2c(C3CC3)cc(C(=O)O)cc2o1. The summed E-state index contributed by atoms with van der Waals surface area (Å²) in [5, 5.41) is 9.02. The summed E-state index contributed by atoms with van der Waals surface area (Å²) in [4.78, 5) is 15.3. The van der Waals surface area contributed by atoms with Crippen LogP contribution in [0.25, 0.3) is 11.1 Å². The first kappa shape index (κ1) is 9.39. The van der Waals surface area contributed by atoms with Crippen LogP contribution in [0.2, 0.25) is 0 Å². The van der Waals surface area contributed by atoms with E-state index in [0.717, 1.165) is 23.9 Å². The van der Waals surface area contributed by atoms with Crippen molar-refractivity contribution >= 4 is 17.1 Å². The molecule has 1 saturated carbocycles. The van der Waals surface area contributed by atoms with Gasteiger partial charge in [0.25, 0.3) is 0 Å². The predicted octanol–water partition coefficient (Wildman–Crippen LogP) is 2.71. The van der Waals surface area contributed by atoms with Crippen LogP contribution in [0, 0.1) is 6.92 Å². The van der Waals surface area contributed by atoms with Gasteiger partial charge in [0, 0.05) is 6.92 Å². The van der Waals surface area contributed by atoms with E-state index in [1.54, 1.807) is 19.1 Å². The molecule has 0 amide bonds. The minimum atomic E-state index is -0.919. The van der Waals surface area contributed by atoms with E-state index in [2.05, 4.69) is 4.98 Å². The number of aromatic nitrogens is 1. The average molecular weight is 217 g/mol. The smallest absolute Gasteiger partial charge is 0.335 e. The third-order valence-corrected chi connectivity index (χ3v) is 2.90. The third-order valence-electron chi connectivity index (χ3n) is 2.90. The summed E-state index contributed by atoms with van der Waals surface area (Å²) < 4.78 is 5.40. The zero-order valence-corrected chi connectivity index (χ0v) is 8.86. The Morgan fingerprint density at radius 2 is 2.25 bits per heavy atom. The van der Waals surface area contributed by atoms with E-state index in [9.17, 15) is 4.79 Å². The molecule has 0 aliphatic heterocycles. The number of carbonyl (C=O) groups is 1. The number of hydrogen-bond donors (Lipinski definition) is 1. The lowest BCUT2D eigenvalue weighted by Gasteiger charge is -2.01. The van der Waals surface area contributed by atoms with E-state index in [0.29, 0.717) is 17.4 Å². The normalized spacial score (nSPS) is 15.6. The molecule has 0 bridgehead atoms. The van der Waals surface area contributed by atoms with Crippen LogP contribution in [0.1, 0.15) is 40.6 Å². The number of oxazole rings is 1. The van der Waals surface area contributed by atoms with Crippen LogP contribution in [0.4, 0.5) is 0 Å². The molecular weight excluding hydrogens is 206 g/mol. The largest absolute Gasteiger partial charge is 0.478 e. The molecule has 1 N–H and O–H groups in total. The Morgan fingerprint density at radius 3 is 2.88 bits per heavy atom. The van der Waals surface area contributed by atoms with Crippen molar-refractivity contribution in [3.63, 3.8) is 0 Å². The fourth-order valence-corrected chi connectivity index (χ4v) is 2.00. The number of carboxylic acids is 1. The van der Waals surface area contributed by atoms with Crippen molar-refractivity contribution in [2.45, 2.75) is 25.7 Å². The lowest BCUT2D eigenvalue weighted by Crippen LogP contribution is -1.97. The Morgan fingerprint density at radius 1 is 1.50 bits per heavy atom. The van der Waals surface area contributed by atoms with Gasteiger partial charge in [-0.05, 0) is 36.5 Å². The summed E-state index contributed by atoms with van der Waals surface area (Å²) in [6, 6.07) is 3.27. The Bertz CT molecular complexity index is 581. The molecule has 0 radical (unpaired) electrons. The second-order valence-corrected chi connectivity index (χ2v) is 4.22. The van der Waals surface area contributed by atoms with Gasteiger partial charge in [-0.1, -0.05) is 0 Å². The van der Waals surface area contributed by atoms with Crippen LogP contribution < -0.4 is 0 Å². The first-order valence-corrected chi connectivity index (χ1v) is 5.29. The highest BCUT2D eigenvalue weighted by Crippen LogP contribution is 2.43. The number of aryl methyl sites for hydroxylation is 1. The van der Waals surface area contributed by atoms with Gasteiger partial charge in [-0.3, -0.25) is 0 Å². The predicted molar refractivity (Wildman–Crippen MR) is 57.7 cm³/mol. The second kappa shape index (κ2) is 3.07. The second-order valence-electron chi connectivity index (χ2n) is 4.22. The lowest BCUT2D eigenvalue weighted by atomic mass is 10.1. The Balaban J connectivity index is 2.29. The fourth-order valence-electron chi connectivity index (χ4n) is 2.00. The first-order valence-electron chi connectivity index (χ1n) is 5.29. The highest BCUT2D eigenvalue weighted by molar-refractivity contribution is 5.93. The van der Waals surface area contributed by atoms with Gasteiger partial charge >= 0.3 is 5.97 Å². The van der Waals surface area contributed by atoms with Crippen LogP contribution in [0.15, 0.2) is 16.5 Å². The molecule has 1 heterocycles. The number of carboxylic acid groups (broad SMARTS) is 1. The average Bonchev–Trinajstić information content (AvgIpc) is 2.98. The molecule has 0 saturated heterocycles. The molecule has 1 aromatic heterocycles. The van der Waals surface area contributed by atoms with E-state index in [-0.39, 0.29) is 5.56 Å². The van der Waals surface area contributed by atoms with E-state index in [1.165, 1.54) is 0 Å². The maximum atomic E-state index is 11.0. The van der Waals surface area contributed by atoms with E-state index in [4.69, 9.17) is 9.52 Å². The molecule has 0 spiro atoms. The van der Waals surface area contributed by atoms with Gasteiger partial charge in [0.05, 0.1) is 5.56 Å². The molecule has 0 atom stereocenters. The summed E-state index contributed by atoms with van der Waals surface area (Å²) in [6.45, 7) is 1.77. The van der Waals surface area contributed by atoms with Gasteiger partial charge in [0.15, 0.2) is 11.5 Å². The molecular formula is C12H11NO3. The first-order chi connectivity index (χ1) is 7.65. The molecule has 4 nitrogen and oxygen atoms in total. The van der Waals surface area contributed by atoms with Crippen molar-refractivity contribution in [2.24, 2.45) is 0 Å². The highest BCUT2D eigenvalue weighted by atomic mass is 16.4. The van der Waals surface area contributed by atoms with Crippen molar-refractivity contribution < 1.29 is 14.3 Å². The van der Waals surface area contributed by atoms with Gasteiger partial charge in [0.2, 0.25) is 0 Å². The Labute approximate surface area is 91.9 Å². The number of aromatic carboxylic acids is 1. The third kappa shape index (κ3) is 1.38. The zero-order valence-electron chi connectivity index (χ0n) is 8.86. The number of hydrogen-bond acceptors (Lipinski definition) is 3. The van der Waals surface area contributed by atoms with Crippen molar-refractivity contribution in [1.29, 1.82) is 0 Å². The molecule has 1 aliphatic rings. The standard InChI is InChI=1S/C12H11NO3/c1-6-13-11-9(7-2-3-7)4-8(12(14)15)5-10(11)16-6/h4-5,7H,2-3H2,1H3,(H,14,15). The molecule has 1 aromatic carbocycles. The minimum absolute atomic E-state index is 0.283. The van der Waals surface area contributed by atoms with Gasteiger partial charge < -0.3 is 9.52 Å². The van der Waals surface area contributed by atoms with Crippen molar-refractivity contribution in [3.8, 4) is 0 Å². The zero-order chi connectivity index (χ0) is 11.3. The van der Waals surface area contributed by atoms with Crippen molar-refractivity contribution in [2.75, 3.05) is 0 Å². The maximum absolute atomic E-state index is 11.0. The maximum Gasteiger partial charge on any atom is 0.335 e. The number of fused-ring (bicyclic) bond motifs is 1. The number of nitrogens with zero attached hydrogens (tertiary/aromatic N) is 1. The highest BCUT2D eigenvalue weighted by Gasteiger charge is 2.28. The van der Waals surface area contributed by atoms with E-state index < -0.39 is 5.97 Å². The molecule has 1 aliphatic carbocycles. The fraction of sp³-hybridized carbons (Fsp3) is 0.333. The summed E-state index contributed by atoms with van der Waals surface area (Å²) in [6.07, 6.45) is 2.23. The Hall–Kier alpha value is -1.84. The van der Waals surface area contributed by atoms with E-state index in [1.807, 2.05) is 0 Å². The van der Waals surface area contributed by atoms with Crippen molar-refractivity contribution in [3.05, 3.63) is 29.2 Å². The monoisotopic (exact) mass is 217 g/mol. The van der Waals surface area contributed by atoms with Crippen molar-refractivity contribution in [1.82, 2.24) is 4.98 Å². The molecule has 16 heavy (non-hydrogen) atoms. The molecule has 1 fully saturated rings. The van der Waals surface area contributed by atoms with E-state index >= 15 is 0 Å². The van der Waals surface area contributed by atoms with Gasteiger partial charge in [-0.15, -0.1) is 0 Å². The van der Waals surface area contributed by atoms with Gasteiger partial charge in [0.1, 0.15) is 5.52 Å². The summed E-state index contributed by atoms with van der Waals surface area (Å²) in [5.41, 5.74) is 2.71. The lowest BCUT2D eigenvalue weighted by molar-refractivity contribution is 0.0697. The van der Waals surface area contributed by atoms with Crippen LogP contribution in [-0.2, 0) is 0 Å². The van der Waals surface area contributed by atoms with Crippen LogP contribution in [0.5, 0.6) is 0 Å². The molecule has 3 rings (SSSR count).